The summed E-state index contributed by atoms with van der Waals surface area (Å²) in [6.07, 6.45) is -3.34. The maximum atomic E-state index is 13.1. The zero-order valence-corrected chi connectivity index (χ0v) is 14.5. The lowest BCUT2D eigenvalue weighted by Gasteiger charge is -2.12. The number of ether oxygens (including phenoxy) is 1. The molecule has 1 saturated carbocycles. The average Bonchev–Trinajstić information content (AvgIpc) is 3.46. The molecule has 0 bridgehead atoms. The number of nitrogens with one attached hydrogen (secondary N) is 1. The normalized spacial score (nSPS) is 14.1. The lowest BCUT2D eigenvalue weighted by molar-refractivity contribution is -0.139. The van der Waals surface area contributed by atoms with Gasteiger partial charge in [0.15, 0.2) is 0 Å². The van der Waals surface area contributed by atoms with Crippen molar-refractivity contribution < 1.29 is 22.7 Å². The van der Waals surface area contributed by atoms with Crippen LogP contribution in [0.25, 0.3) is 0 Å². The molecule has 0 saturated heterocycles. The van der Waals surface area contributed by atoms with E-state index in [1.807, 2.05) is 0 Å². The Bertz CT molecular complexity index is 905. The van der Waals surface area contributed by atoms with Gasteiger partial charge in [0.1, 0.15) is 17.9 Å². The Morgan fingerprint density at radius 2 is 2.07 bits per heavy atom. The minimum atomic E-state index is -4.79. The molecule has 2 aromatic rings. The highest BCUT2D eigenvalue weighted by atomic mass is 19.4. The molecule has 1 aliphatic carbocycles. The molecule has 144 valence electrons. The van der Waals surface area contributed by atoms with E-state index in [0.717, 1.165) is 24.5 Å². The van der Waals surface area contributed by atoms with Crippen LogP contribution in [0, 0.1) is 0 Å². The van der Waals surface area contributed by atoms with E-state index >= 15 is 0 Å². The van der Waals surface area contributed by atoms with Crippen LogP contribution in [-0.4, -0.2) is 22.8 Å². The first-order valence-electron chi connectivity index (χ1n) is 8.37. The van der Waals surface area contributed by atoms with Gasteiger partial charge in [-0.15, -0.1) is 0 Å². The van der Waals surface area contributed by atoms with Crippen molar-refractivity contribution in [3.8, 4) is 5.75 Å². The second-order valence-electron chi connectivity index (χ2n) is 6.35. The van der Waals surface area contributed by atoms with Crippen LogP contribution >= 0.6 is 0 Å². The van der Waals surface area contributed by atoms with E-state index in [9.17, 15) is 22.8 Å². The lowest BCUT2D eigenvalue weighted by atomic mass is 10.2. The van der Waals surface area contributed by atoms with Crippen molar-refractivity contribution >= 4 is 5.91 Å². The monoisotopic (exact) mass is 381 g/mol. The highest BCUT2D eigenvalue weighted by molar-refractivity contribution is 5.75. The summed E-state index contributed by atoms with van der Waals surface area (Å²) in [6.45, 7) is -0.425. The minimum Gasteiger partial charge on any atom is -0.497 e. The third-order valence-electron chi connectivity index (χ3n) is 4.21. The van der Waals surface area contributed by atoms with Crippen molar-refractivity contribution in [3.05, 3.63) is 57.5 Å². The summed E-state index contributed by atoms with van der Waals surface area (Å²) in [5, 5.41) is 6.53. The smallest absolute Gasteiger partial charge is 0.421 e. The summed E-state index contributed by atoms with van der Waals surface area (Å²) in [5.41, 5.74) is -1.66. The third-order valence-corrected chi connectivity index (χ3v) is 4.21. The number of hydrogen-bond donors (Lipinski definition) is 1. The number of amides is 1. The molecule has 9 heteroatoms. The Labute approximate surface area is 153 Å². The molecule has 1 aromatic carbocycles. The third kappa shape index (κ3) is 4.66. The highest BCUT2D eigenvalue weighted by Crippen LogP contribution is 2.40. The minimum absolute atomic E-state index is 0.0854. The predicted molar refractivity (Wildman–Crippen MR) is 90.3 cm³/mol. The fraction of sp³-hybridized carbons (Fsp3) is 0.389. The van der Waals surface area contributed by atoms with Crippen LogP contribution in [-0.2, 0) is 24.1 Å². The Kier molecular flexibility index (Phi) is 5.20. The number of carbonyl (C=O) groups excluding carboxylic acids is 1. The Morgan fingerprint density at radius 3 is 2.70 bits per heavy atom. The van der Waals surface area contributed by atoms with Crippen LogP contribution < -0.4 is 15.6 Å². The number of rotatable bonds is 6. The van der Waals surface area contributed by atoms with Crippen molar-refractivity contribution in [2.45, 2.75) is 38.0 Å². The fourth-order valence-corrected chi connectivity index (χ4v) is 2.63. The molecule has 1 heterocycles. The molecule has 0 radical (unpaired) electrons. The van der Waals surface area contributed by atoms with E-state index in [4.69, 9.17) is 4.74 Å². The molecular formula is C18H18F3N3O3. The standard InChI is InChI=1S/C18H18F3N3O3/c1-27-13-4-2-3-11(7-13)9-22-16(25)10-24-17(26)14(18(19,20)21)8-15(23-24)12-5-6-12/h2-4,7-8,12H,5-6,9-10H2,1H3,(H,22,25). The maximum absolute atomic E-state index is 13.1. The largest absolute Gasteiger partial charge is 0.497 e. The first-order chi connectivity index (χ1) is 12.8. The summed E-state index contributed by atoms with van der Waals surface area (Å²) in [5.74, 6) is -0.0714. The number of hydrogen-bond acceptors (Lipinski definition) is 4. The number of halogens is 3. The van der Waals surface area contributed by atoms with Gasteiger partial charge in [-0.1, -0.05) is 12.1 Å². The van der Waals surface area contributed by atoms with Crippen molar-refractivity contribution in [2.75, 3.05) is 7.11 Å². The number of benzene rings is 1. The number of alkyl halides is 3. The van der Waals surface area contributed by atoms with Crippen LogP contribution in [0.2, 0.25) is 0 Å². The van der Waals surface area contributed by atoms with Gasteiger partial charge in [-0.2, -0.15) is 18.3 Å². The Balaban J connectivity index is 1.75. The number of nitrogens with zero attached hydrogens (tertiary/aromatic N) is 2. The summed E-state index contributed by atoms with van der Waals surface area (Å²) >= 11 is 0. The average molecular weight is 381 g/mol. The first-order valence-corrected chi connectivity index (χ1v) is 8.37. The maximum Gasteiger partial charge on any atom is 0.421 e. The van der Waals surface area contributed by atoms with E-state index in [2.05, 4.69) is 10.4 Å². The molecule has 1 amide bonds. The van der Waals surface area contributed by atoms with Gasteiger partial charge in [-0.05, 0) is 36.6 Å². The highest BCUT2D eigenvalue weighted by Gasteiger charge is 2.37. The van der Waals surface area contributed by atoms with E-state index in [0.29, 0.717) is 10.4 Å². The van der Waals surface area contributed by atoms with Gasteiger partial charge in [0.2, 0.25) is 5.91 Å². The van der Waals surface area contributed by atoms with Gasteiger partial charge in [0, 0.05) is 12.5 Å². The van der Waals surface area contributed by atoms with Crippen molar-refractivity contribution in [2.24, 2.45) is 0 Å². The van der Waals surface area contributed by atoms with Crippen molar-refractivity contribution in [1.82, 2.24) is 15.1 Å². The molecule has 1 N–H and O–H groups in total. The summed E-state index contributed by atoms with van der Waals surface area (Å²) in [7, 11) is 1.51. The zero-order chi connectivity index (χ0) is 19.6. The van der Waals surface area contributed by atoms with Gasteiger partial charge in [0.25, 0.3) is 5.56 Å². The predicted octanol–water partition coefficient (Wildman–Crippen LogP) is 2.46. The molecule has 1 aromatic heterocycles. The topological polar surface area (TPSA) is 73.2 Å². The molecule has 1 aliphatic rings. The first kappa shape index (κ1) is 18.9. The molecule has 0 spiro atoms. The fourth-order valence-electron chi connectivity index (χ4n) is 2.63. The van der Waals surface area contributed by atoms with Crippen LogP contribution in [0.1, 0.15) is 35.6 Å². The molecule has 0 aliphatic heterocycles. The summed E-state index contributed by atoms with van der Waals surface area (Å²) in [6, 6.07) is 7.78. The lowest BCUT2D eigenvalue weighted by Crippen LogP contribution is -2.37. The van der Waals surface area contributed by atoms with E-state index in [1.165, 1.54) is 7.11 Å². The van der Waals surface area contributed by atoms with Gasteiger partial charge in [0.05, 0.1) is 12.8 Å². The van der Waals surface area contributed by atoms with E-state index in [1.54, 1.807) is 24.3 Å². The van der Waals surface area contributed by atoms with Gasteiger partial charge < -0.3 is 10.1 Å². The SMILES string of the molecule is COc1cccc(CNC(=O)Cn2nc(C3CC3)cc(C(F)(F)F)c2=O)c1. The van der Waals surface area contributed by atoms with Gasteiger partial charge >= 0.3 is 6.18 Å². The molecule has 27 heavy (non-hydrogen) atoms. The number of methoxy groups -OCH3 is 1. The summed E-state index contributed by atoms with van der Waals surface area (Å²) in [4.78, 5) is 24.2. The van der Waals surface area contributed by atoms with Crippen LogP contribution in [0.3, 0.4) is 0 Å². The van der Waals surface area contributed by atoms with E-state index in [-0.39, 0.29) is 18.2 Å². The second kappa shape index (κ2) is 7.42. The zero-order valence-electron chi connectivity index (χ0n) is 14.5. The van der Waals surface area contributed by atoms with Crippen molar-refractivity contribution in [1.29, 1.82) is 0 Å². The summed E-state index contributed by atoms with van der Waals surface area (Å²) < 4.78 is 45.0. The molecule has 6 nitrogen and oxygen atoms in total. The molecule has 0 atom stereocenters. The molecule has 0 unspecified atom stereocenters. The van der Waals surface area contributed by atoms with Crippen LogP contribution in [0.5, 0.6) is 5.75 Å². The van der Waals surface area contributed by atoms with Crippen LogP contribution in [0.4, 0.5) is 13.2 Å². The van der Waals surface area contributed by atoms with Gasteiger partial charge in [-0.3, -0.25) is 9.59 Å². The van der Waals surface area contributed by atoms with Crippen LogP contribution in [0.15, 0.2) is 35.1 Å². The quantitative estimate of drug-likeness (QED) is 0.834. The Hall–Kier alpha value is -2.84. The van der Waals surface area contributed by atoms with Gasteiger partial charge in [-0.25, -0.2) is 4.68 Å². The van der Waals surface area contributed by atoms with E-state index < -0.39 is 29.8 Å². The number of aromatic nitrogens is 2. The molecular weight excluding hydrogens is 363 g/mol. The Morgan fingerprint density at radius 1 is 1.33 bits per heavy atom. The number of carbonyl (C=O) groups is 1. The molecule has 3 rings (SSSR count). The van der Waals surface area contributed by atoms with Crippen molar-refractivity contribution in [3.63, 3.8) is 0 Å². The molecule has 1 fully saturated rings. The second-order valence-corrected chi connectivity index (χ2v) is 6.35.